The van der Waals surface area contributed by atoms with Gasteiger partial charge < -0.3 is 0 Å². The minimum atomic E-state index is -4.82. The lowest BCUT2D eigenvalue weighted by Crippen LogP contribution is -2.08. The van der Waals surface area contributed by atoms with Crippen molar-refractivity contribution in [1.29, 1.82) is 0 Å². The highest BCUT2D eigenvalue weighted by Crippen LogP contribution is 2.39. The van der Waals surface area contributed by atoms with Crippen LogP contribution in [0, 0.1) is 11.6 Å². The molecule has 5 rings (SSSR count). The summed E-state index contributed by atoms with van der Waals surface area (Å²) in [5.74, 6) is -1.86. The van der Waals surface area contributed by atoms with Crippen LogP contribution >= 0.6 is 0 Å². The maximum absolute atomic E-state index is 15.4. The standard InChI is InChI=1S/C24H17F5N4/c1-12(2)23-21(15-4-6-19-16(22(15)26)11-30-31-19)20-10-14(7-8-33(20)32-23)13-3-5-18(25)17(9-13)24(27,28)29/h3-12H,1-2H3,(H,30,31). The van der Waals surface area contributed by atoms with E-state index in [-0.39, 0.29) is 11.5 Å². The van der Waals surface area contributed by atoms with Gasteiger partial charge in [0.2, 0.25) is 0 Å². The van der Waals surface area contributed by atoms with Gasteiger partial charge in [-0.3, -0.25) is 5.10 Å². The van der Waals surface area contributed by atoms with Gasteiger partial charge in [0.15, 0.2) is 0 Å². The van der Waals surface area contributed by atoms with E-state index in [0.29, 0.717) is 38.8 Å². The molecule has 0 unspecified atom stereocenters. The van der Waals surface area contributed by atoms with Gasteiger partial charge in [0.25, 0.3) is 0 Å². The molecule has 9 heteroatoms. The predicted molar refractivity (Wildman–Crippen MR) is 115 cm³/mol. The molecule has 3 heterocycles. The van der Waals surface area contributed by atoms with Crippen LogP contribution in [0.2, 0.25) is 0 Å². The Kier molecular flexibility index (Phi) is 4.73. The molecule has 0 radical (unpaired) electrons. The van der Waals surface area contributed by atoms with Crippen LogP contribution in [0.15, 0.2) is 54.9 Å². The zero-order chi connectivity index (χ0) is 23.5. The highest BCUT2D eigenvalue weighted by molar-refractivity contribution is 5.91. The summed E-state index contributed by atoms with van der Waals surface area (Å²) < 4.78 is 70.4. The molecule has 0 saturated heterocycles. The molecule has 1 N–H and O–H groups in total. The summed E-state index contributed by atoms with van der Waals surface area (Å²) >= 11 is 0. The molecular formula is C24H17F5N4. The lowest BCUT2D eigenvalue weighted by atomic mass is 9.95. The molecule has 0 amide bonds. The van der Waals surface area contributed by atoms with Crippen molar-refractivity contribution < 1.29 is 22.0 Å². The van der Waals surface area contributed by atoms with Crippen LogP contribution in [-0.2, 0) is 6.18 Å². The first-order valence-corrected chi connectivity index (χ1v) is 10.2. The number of H-pyrrole nitrogens is 1. The van der Waals surface area contributed by atoms with Crippen LogP contribution in [0.1, 0.15) is 31.0 Å². The molecule has 0 bridgehead atoms. The van der Waals surface area contributed by atoms with Gasteiger partial charge in [0, 0.05) is 17.3 Å². The van der Waals surface area contributed by atoms with Gasteiger partial charge in [0.05, 0.1) is 33.9 Å². The molecular weight excluding hydrogens is 439 g/mol. The third-order valence-electron chi connectivity index (χ3n) is 5.64. The Labute approximate surface area is 184 Å². The zero-order valence-electron chi connectivity index (χ0n) is 17.5. The highest BCUT2D eigenvalue weighted by atomic mass is 19.4. The van der Waals surface area contributed by atoms with Gasteiger partial charge in [-0.05, 0) is 53.4 Å². The second kappa shape index (κ2) is 7.40. The molecule has 0 aliphatic carbocycles. The van der Waals surface area contributed by atoms with Crippen molar-refractivity contribution in [2.45, 2.75) is 25.9 Å². The van der Waals surface area contributed by atoms with E-state index in [1.54, 1.807) is 35.0 Å². The molecule has 0 spiro atoms. The Balaban J connectivity index is 1.76. The molecule has 0 aliphatic heterocycles. The Morgan fingerprint density at radius 3 is 2.45 bits per heavy atom. The van der Waals surface area contributed by atoms with Gasteiger partial charge >= 0.3 is 6.18 Å². The van der Waals surface area contributed by atoms with Crippen LogP contribution in [0.4, 0.5) is 22.0 Å². The Hall–Kier alpha value is -3.75. The van der Waals surface area contributed by atoms with Crippen molar-refractivity contribution in [3.8, 4) is 22.3 Å². The lowest BCUT2D eigenvalue weighted by molar-refractivity contribution is -0.139. The zero-order valence-corrected chi connectivity index (χ0v) is 17.5. The third kappa shape index (κ3) is 3.44. The topological polar surface area (TPSA) is 46.0 Å². The highest BCUT2D eigenvalue weighted by Gasteiger charge is 2.34. The number of fused-ring (bicyclic) bond motifs is 2. The number of alkyl halides is 3. The fourth-order valence-corrected chi connectivity index (χ4v) is 4.02. The summed E-state index contributed by atoms with van der Waals surface area (Å²) in [5, 5.41) is 11.5. The first-order valence-electron chi connectivity index (χ1n) is 10.2. The summed E-state index contributed by atoms with van der Waals surface area (Å²) in [6.45, 7) is 3.85. The molecule has 2 aromatic carbocycles. The van der Waals surface area contributed by atoms with Gasteiger partial charge in [-0.2, -0.15) is 23.4 Å². The van der Waals surface area contributed by atoms with E-state index >= 15 is 4.39 Å². The van der Waals surface area contributed by atoms with Crippen molar-refractivity contribution in [2.75, 3.05) is 0 Å². The molecule has 5 aromatic rings. The van der Waals surface area contributed by atoms with E-state index < -0.39 is 23.4 Å². The number of pyridine rings is 1. The first-order chi connectivity index (χ1) is 15.6. The molecule has 33 heavy (non-hydrogen) atoms. The number of benzene rings is 2. The summed E-state index contributed by atoms with van der Waals surface area (Å²) in [6, 6.07) is 9.44. The van der Waals surface area contributed by atoms with E-state index in [0.717, 1.165) is 12.1 Å². The number of aromatic nitrogens is 4. The second-order valence-corrected chi connectivity index (χ2v) is 8.11. The van der Waals surface area contributed by atoms with Crippen LogP contribution in [0.3, 0.4) is 0 Å². The SMILES string of the molecule is CC(C)c1nn2ccc(-c3ccc(F)c(C(F)(F)F)c3)cc2c1-c1ccc2[nH]ncc2c1F. The largest absolute Gasteiger partial charge is 0.419 e. The van der Waals surface area contributed by atoms with Gasteiger partial charge in [-0.15, -0.1) is 0 Å². The molecule has 0 saturated carbocycles. The second-order valence-electron chi connectivity index (χ2n) is 8.11. The molecule has 0 fully saturated rings. The Morgan fingerprint density at radius 2 is 1.73 bits per heavy atom. The maximum Gasteiger partial charge on any atom is 0.419 e. The number of hydrogen-bond donors (Lipinski definition) is 1. The lowest BCUT2D eigenvalue weighted by Gasteiger charge is -2.11. The Morgan fingerprint density at radius 1 is 0.970 bits per heavy atom. The van der Waals surface area contributed by atoms with Crippen LogP contribution in [0.25, 0.3) is 38.7 Å². The fraction of sp³-hybridized carbons (Fsp3) is 0.167. The molecule has 0 aliphatic rings. The minimum absolute atomic E-state index is 0.0505. The summed E-state index contributed by atoms with van der Waals surface area (Å²) in [5.41, 5.74) is 1.85. The summed E-state index contributed by atoms with van der Waals surface area (Å²) in [6.07, 6.45) is -1.82. The van der Waals surface area contributed by atoms with Crippen molar-refractivity contribution in [2.24, 2.45) is 0 Å². The number of aromatic amines is 1. The van der Waals surface area contributed by atoms with E-state index in [1.807, 2.05) is 13.8 Å². The summed E-state index contributed by atoms with van der Waals surface area (Å²) in [4.78, 5) is 0. The predicted octanol–water partition coefficient (Wildman–Crippen LogP) is 6.97. The van der Waals surface area contributed by atoms with Crippen molar-refractivity contribution in [3.05, 3.63) is 77.8 Å². The molecule has 0 atom stereocenters. The van der Waals surface area contributed by atoms with Gasteiger partial charge in [0.1, 0.15) is 11.6 Å². The molecule has 3 aromatic heterocycles. The normalized spacial score (nSPS) is 12.4. The quantitative estimate of drug-likeness (QED) is 0.298. The average Bonchev–Trinajstić information content (AvgIpc) is 3.38. The molecule has 168 valence electrons. The molecule has 4 nitrogen and oxygen atoms in total. The van der Waals surface area contributed by atoms with E-state index in [4.69, 9.17) is 0 Å². The van der Waals surface area contributed by atoms with Crippen molar-refractivity contribution >= 4 is 16.4 Å². The van der Waals surface area contributed by atoms with E-state index in [9.17, 15) is 17.6 Å². The number of halogens is 5. The summed E-state index contributed by atoms with van der Waals surface area (Å²) in [7, 11) is 0. The number of nitrogens with zero attached hydrogens (tertiary/aromatic N) is 3. The van der Waals surface area contributed by atoms with Crippen molar-refractivity contribution in [3.63, 3.8) is 0 Å². The average molecular weight is 456 g/mol. The third-order valence-corrected chi connectivity index (χ3v) is 5.64. The first kappa shape index (κ1) is 21.1. The number of hydrogen-bond acceptors (Lipinski definition) is 2. The maximum atomic E-state index is 15.4. The minimum Gasteiger partial charge on any atom is -0.278 e. The van der Waals surface area contributed by atoms with E-state index in [2.05, 4.69) is 15.3 Å². The smallest absolute Gasteiger partial charge is 0.278 e. The van der Waals surface area contributed by atoms with Crippen molar-refractivity contribution in [1.82, 2.24) is 19.8 Å². The van der Waals surface area contributed by atoms with E-state index in [1.165, 1.54) is 12.3 Å². The number of rotatable bonds is 3. The van der Waals surface area contributed by atoms with Gasteiger partial charge in [-0.25, -0.2) is 13.3 Å². The van der Waals surface area contributed by atoms with Gasteiger partial charge in [-0.1, -0.05) is 19.9 Å². The number of nitrogens with one attached hydrogen (secondary N) is 1. The monoisotopic (exact) mass is 456 g/mol. The fourth-order valence-electron chi connectivity index (χ4n) is 4.02. The van der Waals surface area contributed by atoms with Crippen LogP contribution in [-0.4, -0.2) is 19.8 Å². The van der Waals surface area contributed by atoms with Crippen LogP contribution in [0.5, 0.6) is 0 Å². The Bertz CT molecular complexity index is 1510. The van der Waals surface area contributed by atoms with Crippen LogP contribution < -0.4 is 0 Å².